The molecule has 29 heavy (non-hydrogen) atoms. The third kappa shape index (κ3) is 9.36. The Morgan fingerprint density at radius 3 is 1.93 bits per heavy atom. The SMILES string of the molecule is CCCCCCCCCCCC[N+]1(OOC(CC)CCC(=O)O)C(=O)CCC1=O. The summed E-state index contributed by atoms with van der Waals surface area (Å²) in [5, 5.41) is 8.82. The molecule has 2 amide bonds. The maximum Gasteiger partial charge on any atom is 0.356 e. The van der Waals surface area contributed by atoms with Gasteiger partial charge in [0.1, 0.15) is 6.54 Å². The fourth-order valence-corrected chi connectivity index (χ4v) is 3.64. The molecule has 1 aliphatic rings. The van der Waals surface area contributed by atoms with Crippen molar-refractivity contribution in [3.63, 3.8) is 0 Å². The van der Waals surface area contributed by atoms with Crippen LogP contribution in [0.3, 0.4) is 0 Å². The van der Waals surface area contributed by atoms with Crippen LogP contribution in [0.4, 0.5) is 0 Å². The predicted octanol–water partition coefficient (Wildman–Crippen LogP) is 5.08. The van der Waals surface area contributed by atoms with E-state index in [1.54, 1.807) is 0 Å². The fraction of sp³-hybridized carbons (Fsp3) is 0.864. The van der Waals surface area contributed by atoms with Gasteiger partial charge in [-0.3, -0.25) is 4.79 Å². The van der Waals surface area contributed by atoms with Crippen LogP contribution >= 0.6 is 0 Å². The number of aliphatic carboxylic acids is 1. The Bertz CT molecular complexity index is 492. The van der Waals surface area contributed by atoms with Crippen LogP contribution in [-0.2, 0) is 24.3 Å². The first-order valence-electron chi connectivity index (χ1n) is 11.5. The monoisotopic (exact) mass is 414 g/mol. The molecule has 1 N–H and O–H groups in total. The molecule has 168 valence electrons. The van der Waals surface area contributed by atoms with Gasteiger partial charge in [0.15, 0.2) is 0 Å². The number of hydrogen-bond acceptors (Lipinski definition) is 5. The fourth-order valence-electron chi connectivity index (χ4n) is 3.64. The molecule has 1 atom stereocenters. The minimum Gasteiger partial charge on any atom is -0.481 e. The lowest BCUT2D eigenvalue weighted by atomic mass is 10.1. The molecule has 1 aliphatic heterocycles. The van der Waals surface area contributed by atoms with Crippen LogP contribution in [0, 0.1) is 0 Å². The van der Waals surface area contributed by atoms with E-state index in [0.29, 0.717) is 13.0 Å². The van der Waals surface area contributed by atoms with Gasteiger partial charge in [-0.1, -0.05) is 65.2 Å². The molecular formula is C22H40NO6+. The summed E-state index contributed by atoms with van der Waals surface area (Å²) < 4.78 is -0.694. The Balaban J connectivity index is 2.38. The number of quaternary nitrogens is 1. The number of carbonyl (C=O) groups is 3. The van der Waals surface area contributed by atoms with Crippen LogP contribution in [0.5, 0.6) is 0 Å². The Morgan fingerprint density at radius 1 is 0.931 bits per heavy atom. The minimum absolute atomic E-state index is 0.0395. The van der Waals surface area contributed by atoms with Crippen LogP contribution in [-0.4, -0.2) is 40.2 Å². The van der Waals surface area contributed by atoms with Crippen LogP contribution in [0.25, 0.3) is 0 Å². The zero-order chi connectivity index (χ0) is 21.5. The number of hydrogen-bond donors (Lipinski definition) is 1. The molecule has 0 radical (unpaired) electrons. The van der Waals surface area contributed by atoms with Gasteiger partial charge in [0.25, 0.3) is 0 Å². The van der Waals surface area contributed by atoms with Crippen molar-refractivity contribution >= 4 is 17.8 Å². The Kier molecular flexibility index (Phi) is 13.0. The number of rotatable bonds is 18. The molecule has 1 saturated heterocycles. The second kappa shape index (κ2) is 14.6. The number of imide groups is 1. The van der Waals surface area contributed by atoms with Crippen LogP contribution in [0.1, 0.15) is 110 Å². The second-order valence-corrected chi connectivity index (χ2v) is 8.07. The van der Waals surface area contributed by atoms with Crippen LogP contribution < -0.4 is 0 Å². The van der Waals surface area contributed by atoms with Crippen molar-refractivity contribution in [2.75, 3.05) is 6.54 Å². The Hall–Kier alpha value is -1.31. The summed E-state index contributed by atoms with van der Waals surface area (Å²) in [6.07, 6.45) is 12.4. The summed E-state index contributed by atoms with van der Waals surface area (Å²) in [5.74, 6) is -1.44. The molecule has 1 fully saturated rings. The normalized spacial score (nSPS) is 17.0. The van der Waals surface area contributed by atoms with Gasteiger partial charge in [0.05, 0.1) is 18.9 Å². The number of amides is 2. The van der Waals surface area contributed by atoms with Crippen molar-refractivity contribution in [1.29, 1.82) is 0 Å². The number of carbonyl (C=O) groups excluding carboxylic acids is 2. The molecule has 1 unspecified atom stereocenters. The summed E-state index contributed by atoms with van der Waals surface area (Å²) in [6.45, 7) is 4.37. The van der Waals surface area contributed by atoms with Gasteiger partial charge in [-0.25, -0.2) is 9.59 Å². The van der Waals surface area contributed by atoms with E-state index in [1.165, 1.54) is 44.9 Å². The summed E-state index contributed by atoms with van der Waals surface area (Å²) >= 11 is 0. The first kappa shape index (κ1) is 25.7. The molecule has 0 saturated carbocycles. The van der Waals surface area contributed by atoms with Gasteiger partial charge in [0.2, 0.25) is 0 Å². The largest absolute Gasteiger partial charge is 0.481 e. The van der Waals surface area contributed by atoms with Crippen molar-refractivity contribution in [2.24, 2.45) is 0 Å². The lowest BCUT2D eigenvalue weighted by Gasteiger charge is -2.25. The van der Waals surface area contributed by atoms with Gasteiger partial charge >= 0.3 is 17.8 Å². The van der Waals surface area contributed by atoms with E-state index in [-0.39, 0.29) is 37.5 Å². The maximum absolute atomic E-state index is 12.4. The molecule has 7 nitrogen and oxygen atoms in total. The van der Waals surface area contributed by atoms with Crippen LogP contribution in [0.15, 0.2) is 0 Å². The van der Waals surface area contributed by atoms with Crippen LogP contribution in [0.2, 0.25) is 0 Å². The van der Waals surface area contributed by atoms with E-state index in [0.717, 1.165) is 19.3 Å². The molecule has 1 rings (SSSR count). The molecular weight excluding hydrogens is 374 g/mol. The molecule has 0 aliphatic carbocycles. The highest BCUT2D eigenvalue weighted by Gasteiger charge is 2.54. The van der Waals surface area contributed by atoms with Crippen molar-refractivity contribution in [2.45, 2.75) is 116 Å². The van der Waals surface area contributed by atoms with Crippen molar-refractivity contribution in [3.05, 3.63) is 0 Å². The maximum atomic E-state index is 12.4. The summed E-state index contributed by atoms with van der Waals surface area (Å²) in [4.78, 5) is 46.4. The number of likely N-dealkylation sites (tertiary alicyclic amines) is 1. The van der Waals surface area contributed by atoms with E-state index in [2.05, 4.69) is 6.92 Å². The van der Waals surface area contributed by atoms with Crippen molar-refractivity contribution in [1.82, 2.24) is 0 Å². The lowest BCUT2D eigenvalue weighted by Crippen LogP contribution is -2.53. The zero-order valence-electron chi connectivity index (χ0n) is 18.3. The van der Waals surface area contributed by atoms with E-state index in [4.69, 9.17) is 15.0 Å². The number of nitrogens with zero attached hydrogens (tertiary/aromatic N) is 1. The average molecular weight is 415 g/mol. The number of unbranched alkanes of at least 4 members (excludes halogenated alkanes) is 9. The van der Waals surface area contributed by atoms with Gasteiger partial charge < -0.3 is 5.11 Å². The molecule has 0 aromatic carbocycles. The molecule has 1 heterocycles. The zero-order valence-corrected chi connectivity index (χ0v) is 18.3. The second-order valence-electron chi connectivity index (χ2n) is 8.07. The molecule has 0 aromatic rings. The minimum atomic E-state index is -0.908. The van der Waals surface area contributed by atoms with Gasteiger partial charge in [-0.05, 0) is 28.9 Å². The van der Waals surface area contributed by atoms with Crippen molar-refractivity contribution in [3.8, 4) is 0 Å². The average Bonchev–Trinajstić information content (AvgIpc) is 2.98. The van der Waals surface area contributed by atoms with E-state index in [1.807, 2.05) is 6.92 Å². The smallest absolute Gasteiger partial charge is 0.356 e. The highest BCUT2D eigenvalue weighted by Crippen LogP contribution is 2.27. The van der Waals surface area contributed by atoms with Gasteiger partial charge in [-0.2, -0.15) is 4.89 Å². The molecule has 7 heteroatoms. The van der Waals surface area contributed by atoms with Crippen molar-refractivity contribution < 1.29 is 34.0 Å². The third-order valence-electron chi connectivity index (χ3n) is 5.63. The molecule has 0 spiro atoms. The van der Waals surface area contributed by atoms with E-state index >= 15 is 0 Å². The van der Waals surface area contributed by atoms with E-state index < -0.39 is 16.7 Å². The van der Waals surface area contributed by atoms with Gasteiger partial charge in [0, 0.05) is 12.8 Å². The quantitative estimate of drug-likeness (QED) is 0.111. The highest BCUT2D eigenvalue weighted by molar-refractivity contribution is 5.91. The lowest BCUT2D eigenvalue weighted by molar-refractivity contribution is -1.04. The Labute approximate surface area is 175 Å². The Morgan fingerprint density at radius 2 is 1.45 bits per heavy atom. The first-order valence-corrected chi connectivity index (χ1v) is 11.5. The number of carboxylic acid groups (broad SMARTS) is 1. The standard InChI is InChI=1S/C22H39NO6/c1-3-5-6-7-8-9-10-11-12-13-18-23(20(24)15-16-21(23)25)29-28-19(4-2)14-17-22(26)27/h19H,3-18H2,1-2H3/p+1. The predicted molar refractivity (Wildman–Crippen MR) is 109 cm³/mol. The summed E-state index contributed by atoms with van der Waals surface area (Å²) in [7, 11) is 0. The topological polar surface area (TPSA) is 89.9 Å². The third-order valence-corrected chi connectivity index (χ3v) is 5.63. The molecule has 0 bridgehead atoms. The number of carboxylic acids is 1. The first-order chi connectivity index (χ1) is 14.0. The highest BCUT2D eigenvalue weighted by atomic mass is 17.3. The number of hydroxylamine groups is 3. The summed E-state index contributed by atoms with van der Waals surface area (Å²) in [6, 6.07) is 0. The van der Waals surface area contributed by atoms with Gasteiger partial charge in [-0.15, -0.1) is 0 Å². The van der Waals surface area contributed by atoms with E-state index in [9.17, 15) is 14.4 Å². The summed E-state index contributed by atoms with van der Waals surface area (Å²) in [5.41, 5.74) is 0. The molecule has 0 aromatic heterocycles.